The van der Waals surface area contributed by atoms with Crippen LogP contribution in [0.3, 0.4) is 0 Å². The Kier molecular flexibility index (Phi) is 1.89. The smallest absolute Gasteiger partial charge is 0.0268 e. The van der Waals surface area contributed by atoms with Crippen LogP contribution in [0.4, 0.5) is 0 Å². The van der Waals surface area contributed by atoms with E-state index >= 15 is 0 Å². The van der Waals surface area contributed by atoms with E-state index in [1.807, 2.05) is 0 Å². The normalized spacial score (nSPS) is 17.5. The third-order valence-electron chi connectivity index (χ3n) is 2.67. The first kappa shape index (κ1) is 7.81. The number of benzene rings is 1. The molecule has 1 aliphatic carbocycles. The molecule has 0 aliphatic heterocycles. The van der Waals surface area contributed by atoms with E-state index in [0.29, 0.717) is 0 Å². The second-order valence-electron chi connectivity index (χ2n) is 3.63. The minimum absolute atomic E-state index is 0.193. The topological polar surface area (TPSA) is 26.0 Å². The SMILES string of the molecule is CC(N)c1cccc2c1CCC2. The summed E-state index contributed by atoms with van der Waals surface area (Å²) in [6.45, 7) is 2.06. The average Bonchev–Trinajstić information content (AvgIpc) is 2.49. The Bertz CT molecular complexity index is 289. The fourth-order valence-electron chi connectivity index (χ4n) is 2.08. The molecule has 0 saturated heterocycles. The summed E-state index contributed by atoms with van der Waals surface area (Å²) in [5.41, 5.74) is 10.3. The standard InChI is InChI=1S/C11H15N/c1-8(12)10-6-2-4-9-5-3-7-11(9)10/h2,4,6,8H,3,5,7,12H2,1H3. The molecule has 2 rings (SSSR count). The highest BCUT2D eigenvalue weighted by atomic mass is 14.6. The monoisotopic (exact) mass is 161 g/mol. The van der Waals surface area contributed by atoms with Crippen LogP contribution >= 0.6 is 0 Å². The lowest BCUT2D eigenvalue weighted by Crippen LogP contribution is -2.07. The molecule has 1 nitrogen and oxygen atoms in total. The molecule has 64 valence electrons. The summed E-state index contributed by atoms with van der Waals surface area (Å²) in [4.78, 5) is 0. The van der Waals surface area contributed by atoms with Crippen molar-refractivity contribution in [1.29, 1.82) is 0 Å². The molecule has 0 saturated carbocycles. The molecule has 1 aromatic carbocycles. The van der Waals surface area contributed by atoms with Crippen LogP contribution in [0.25, 0.3) is 0 Å². The van der Waals surface area contributed by atoms with Gasteiger partial charge in [0, 0.05) is 6.04 Å². The van der Waals surface area contributed by atoms with Crippen LogP contribution in [0.15, 0.2) is 18.2 Å². The van der Waals surface area contributed by atoms with Crippen molar-refractivity contribution in [3.63, 3.8) is 0 Å². The van der Waals surface area contributed by atoms with Gasteiger partial charge in [-0.2, -0.15) is 0 Å². The molecule has 0 aromatic heterocycles. The van der Waals surface area contributed by atoms with Gasteiger partial charge in [-0.25, -0.2) is 0 Å². The Hall–Kier alpha value is -0.820. The van der Waals surface area contributed by atoms with E-state index in [-0.39, 0.29) is 6.04 Å². The fourth-order valence-corrected chi connectivity index (χ4v) is 2.08. The van der Waals surface area contributed by atoms with Gasteiger partial charge in [-0.05, 0) is 42.9 Å². The van der Waals surface area contributed by atoms with Gasteiger partial charge in [0.15, 0.2) is 0 Å². The third kappa shape index (κ3) is 1.14. The van der Waals surface area contributed by atoms with Gasteiger partial charge in [0.25, 0.3) is 0 Å². The zero-order chi connectivity index (χ0) is 8.55. The first-order valence-corrected chi connectivity index (χ1v) is 4.65. The molecule has 2 N–H and O–H groups in total. The van der Waals surface area contributed by atoms with Gasteiger partial charge in [-0.3, -0.25) is 0 Å². The highest BCUT2D eigenvalue weighted by Gasteiger charge is 2.15. The zero-order valence-electron chi connectivity index (χ0n) is 7.51. The van der Waals surface area contributed by atoms with Gasteiger partial charge in [0.05, 0.1) is 0 Å². The Morgan fingerprint density at radius 2 is 2.17 bits per heavy atom. The summed E-state index contributed by atoms with van der Waals surface area (Å²) in [7, 11) is 0. The molecule has 1 aliphatic rings. The molecule has 1 heteroatoms. The zero-order valence-corrected chi connectivity index (χ0v) is 7.51. The summed E-state index contributed by atoms with van der Waals surface area (Å²) in [6, 6.07) is 6.71. The van der Waals surface area contributed by atoms with Crippen LogP contribution in [-0.2, 0) is 12.8 Å². The lowest BCUT2D eigenvalue weighted by molar-refractivity contribution is 0.799. The van der Waals surface area contributed by atoms with E-state index in [0.717, 1.165) is 0 Å². The largest absolute Gasteiger partial charge is 0.324 e. The van der Waals surface area contributed by atoms with E-state index in [2.05, 4.69) is 25.1 Å². The molecule has 12 heavy (non-hydrogen) atoms. The van der Waals surface area contributed by atoms with Crippen molar-refractivity contribution in [3.05, 3.63) is 34.9 Å². The fraction of sp³-hybridized carbons (Fsp3) is 0.455. The van der Waals surface area contributed by atoms with Crippen LogP contribution < -0.4 is 5.73 Å². The van der Waals surface area contributed by atoms with Crippen molar-refractivity contribution >= 4 is 0 Å². The molecular weight excluding hydrogens is 146 g/mol. The Labute approximate surface area is 73.6 Å². The summed E-state index contributed by atoms with van der Waals surface area (Å²) >= 11 is 0. The molecule has 0 fully saturated rings. The predicted octanol–water partition coefficient (Wildman–Crippen LogP) is 2.20. The van der Waals surface area contributed by atoms with Crippen molar-refractivity contribution in [1.82, 2.24) is 0 Å². The van der Waals surface area contributed by atoms with Gasteiger partial charge in [-0.1, -0.05) is 18.2 Å². The van der Waals surface area contributed by atoms with Crippen LogP contribution in [-0.4, -0.2) is 0 Å². The van der Waals surface area contributed by atoms with Crippen LogP contribution in [0.2, 0.25) is 0 Å². The van der Waals surface area contributed by atoms with Gasteiger partial charge in [0.1, 0.15) is 0 Å². The number of nitrogens with two attached hydrogens (primary N) is 1. The maximum Gasteiger partial charge on any atom is 0.0268 e. The Balaban J connectivity index is 2.49. The third-order valence-corrected chi connectivity index (χ3v) is 2.67. The summed E-state index contributed by atoms with van der Waals surface area (Å²) < 4.78 is 0. The molecule has 1 unspecified atom stereocenters. The first-order chi connectivity index (χ1) is 5.79. The molecule has 0 bridgehead atoms. The van der Waals surface area contributed by atoms with Crippen molar-refractivity contribution < 1.29 is 0 Å². The van der Waals surface area contributed by atoms with Crippen LogP contribution in [0.5, 0.6) is 0 Å². The minimum atomic E-state index is 0.193. The molecular formula is C11H15N. The number of aryl methyl sites for hydroxylation is 1. The van der Waals surface area contributed by atoms with Gasteiger partial charge < -0.3 is 5.73 Å². The number of fused-ring (bicyclic) bond motifs is 1. The Morgan fingerprint density at radius 3 is 2.92 bits per heavy atom. The van der Waals surface area contributed by atoms with Crippen molar-refractivity contribution in [2.75, 3.05) is 0 Å². The van der Waals surface area contributed by atoms with Crippen LogP contribution in [0, 0.1) is 0 Å². The van der Waals surface area contributed by atoms with Gasteiger partial charge >= 0.3 is 0 Å². The van der Waals surface area contributed by atoms with E-state index in [1.165, 1.54) is 36.0 Å². The van der Waals surface area contributed by atoms with Crippen molar-refractivity contribution in [3.8, 4) is 0 Å². The first-order valence-electron chi connectivity index (χ1n) is 4.65. The second kappa shape index (κ2) is 2.91. The maximum absolute atomic E-state index is 5.89. The van der Waals surface area contributed by atoms with E-state index in [1.54, 1.807) is 0 Å². The highest BCUT2D eigenvalue weighted by molar-refractivity contribution is 5.39. The second-order valence-corrected chi connectivity index (χ2v) is 3.63. The highest BCUT2D eigenvalue weighted by Crippen LogP contribution is 2.27. The van der Waals surface area contributed by atoms with Crippen molar-refractivity contribution in [2.24, 2.45) is 5.73 Å². The summed E-state index contributed by atoms with van der Waals surface area (Å²) in [5, 5.41) is 0. The lowest BCUT2D eigenvalue weighted by Gasteiger charge is -2.10. The van der Waals surface area contributed by atoms with Gasteiger partial charge in [-0.15, -0.1) is 0 Å². The van der Waals surface area contributed by atoms with Crippen LogP contribution in [0.1, 0.15) is 36.1 Å². The average molecular weight is 161 g/mol. The maximum atomic E-state index is 5.89. The van der Waals surface area contributed by atoms with E-state index in [4.69, 9.17) is 5.73 Å². The molecule has 0 amide bonds. The molecule has 1 aromatic rings. The molecule has 0 radical (unpaired) electrons. The number of hydrogen-bond donors (Lipinski definition) is 1. The Morgan fingerprint density at radius 1 is 1.33 bits per heavy atom. The molecule has 1 atom stereocenters. The molecule has 0 heterocycles. The lowest BCUT2D eigenvalue weighted by atomic mass is 9.99. The summed E-state index contributed by atoms with van der Waals surface area (Å²) in [5.74, 6) is 0. The quantitative estimate of drug-likeness (QED) is 0.671. The number of rotatable bonds is 1. The number of hydrogen-bond acceptors (Lipinski definition) is 1. The minimum Gasteiger partial charge on any atom is -0.324 e. The molecule has 0 spiro atoms. The summed E-state index contributed by atoms with van der Waals surface area (Å²) in [6.07, 6.45) is 3.78. The van der Waals surface area contributed by atoms with Crippen molar-refractivity contribution in [2.45, 2.75) is 32.2 Å². The predicted molar refractivity (Wildman–Crippen MR) is 51.1 cm³/mol. The van der Waals surface area contributed by atoms with E-state index in [9.17, 15) is 0 Å². The van der Waals surface area contributed by atoms with Gasteiger partial charge in [0.2, 0.25) is 0 Å². The van der Waals surface area contributed by atoms with E-state index < -0.39 is 0 Å².